The van der Waals surface area contributed by atoms with Gasteiger partial charge in [0.05, 0.1) is 5.56 Å². The SMILES string of the molecule is C#CCC(C)NC(=O)c1ccc(C(=O)O)cc1. The summed E-state index contributed by atoms with van der Waals surface area (Å²) in [6, 6.07) is 5.63. The smallest absolute Gasteiger partial charge is 0.335 e. The minimum atomic E-state index is -1.02. The second-order valence-corrected chi connectivity index (χ2v) is 3.67. The number of carbonyl (C=O) groups excluding carboxylic acids is 1. The van der Waals surface area contributed by atoms with Gasteiger partial charge in [0, 0.05) is 18.0 Å². The number of benzene rings is 1. The van der Waals surface area contributed by atoms with Crippen LogP contribution in [0.25, 0.3) is 0 Å². The average molecular weight is 231 g/mol. The molecular formula is C13H13NO3. The fourth-order valence-corrected chi connectivity index (χ4v) is 1.30. The summed E-state index contributed by atoms with van der Waals surface area (Å²) in [5, 5.41) is 11.4. The van der Waals surface area contributed by atoms with Crippen molar-refractivity contribution in [1.82, 2.24) is 5.32 Å². The van der Waals surface area contributed by atoms with Crippen LogP contribution in [-0.4, -0.2) is 23.0 Å². The number of carbonyl (C=O) groups is 2. The Bertz CT molecular complexity index is 457. The molecule has 1 aromatic rings. The first-order valence-corrected chi connectivity index (χ1v) is 5.12. The Hall–Kier alpha value is -2.28. The van der Waals surface area contributed by atoms with Crippen LogP contribution in [-0.2, 0) is 0 Å². The molecule has 0 fully saturated rings. The monoisotopic (exact) mass is 231 g/mol. The van der Waals surface area contributed by atoms with Crippen molar-refractivity contribution in [3.8, 4) is 12.3 Å². The highest BCUT2D eigenvalue weighted by atomic mass is 16.4. The zero-order valence-electron chi connectivity index (χ0n) is 9.43. The largest absolute Gasteiger partial charge is 0.478 e. The van der Waals surface area contributed by atoms with E-state index in [1.54, 1.807) is 0 Å². The van der Waals surface area contributed by atoms with Crippen molar-refractivity contribution < 1.29 is 14.7 Å². The van der Waals surface area contributed by atoms with Gasteiger partial charge >= 0.3 is 5.97 Å². The van der Waals surface area contributed by atoms with Crippen molar-refractivity contribution in [2.24, 2.45) is 0 Å². The maximum absolute atomic E-state index is 11.7. The Kier molecular flexibility index (Phi) is 4.29. The predicted molar refractivity (Wildman–Crippen MR) is 63.8 cm³/mol. The zero-order chi connectivity index (χ0) is 12.8. The van der Waals surface area contributed by atoms with Crippen LogP contribution in [0, 0.1) is 12.3 Å². The number of terminal acetylenes is 1. The third-order valence-corrected chi connectivity index (χ3v) is 2.20. The van der Waals surface area contributed by atoms with Crippen molar-refractivity contribution in [3.63, 3.8) is 0 Å². The molecule has 4 heteroatoms. The second-order valence-electron chi connectivity index (χ2n) is 3.67. The van der Waals surface area contributed by atoms with Crippen molar-refractivity contribution >= 4 is 11.9 Å². The van der Waals surface area contributed by atoms with Crippen LogP contribution in [0.2, 0.25) is 0 Å². The highest BCUT2D eigenvalue weighted by molar-refractivity contribution is 5.96. The molecule has 0 heterocycles. The molecule has 1 rings (SSSR count). The van der Waals surface area contributed by atoms with E-state index in [0.29, 0.717) is 12.0 Å². The Labute approximate surface area is 99.7 Å². The third kappa shape index (κ3) is 3.65. The molecule has 0 spiro atoms. The molecule has 1 unspecified atom stereocenters. The number of amides is 1. The summed E-state index contributed by atoms with van der Waals surface area (Å²) in [6.07, 6.45) is 5.59. The lowest BCUT2D eigenvalue weighted by Gasteiger charge is -2.10. The fourth-order valence-electron chi connectivity index (χ4n) is 1.30. The Morgan fingerprint density at radius 1 is 1.35 bits per heavy atom. The second kappa shape index (κ2) is 5.71. The lowest BCUT2D eigenvalue weighted by molar-refractivity contribution is 0.0696. The van der Waals surface area contributed by atoms with Crippen LogP contribution in [0.5, 0.6) is 0 Å². The lowest BCUT2D eigenvalue weighted by atomic mass is 10.1. The predicted octanol–water partition coefficient (Wildman–Crippen LogP) is 1.53. The van der Waals surface area contributed by atoms with E-state index in [1.807, 2.05) is 6.92 Å². The van der Waals surface area contributed by atoms with Gasteiger partial charge in [0.2, 0.25) is 0 Å². The average Bonchev–Trinajstić information content (AvgIpc) is 2.29. The van der Waals surface area contributed by atoms with Gasteiger partial charge in [0.25, 0.3) is 5.91 Å². The van der Waals surface area contributed by atoms with Crippen molar-refractivity contribution in [3.05, 3.63) is 35.4 Å². The topological polar surface area (TPSA) is 66.4 Å². The molecule has 88 valence electrons. The number of hydrogen-bond donors (Lipinski definition) is 2. The summed E-state index contributed by atoms with van der Waals surface area (Å²) in [6.45, 7) is 1.81. The van der Waals surface area contributed by atoms with Crippen LogP contribution < -0.4 is 5.32 Å². The number of hydrogen-bond acceptors (Lipinski definition) is 2. The molecule has 1 amide bonds. The molecule has 0 saturated carbocycles. The van der Waals surface area contributed by atoms with Crippen molar-refractivity contribution in [2.75, 3.05) is 0 Å². The van der Waals surface area contributed by atoms with Crippen molar-refractivity contribution in [1.29, 1.82) is 0 Å². The van der Waals surface area contributed by atoms with Gasteiger partial charge in [0.1, 0.15) is 0 Å². The minimum Gasteiger partial charge on any atom is -0.478 e. The van der Waals surface area contributed by atoms with E-state index in [2.05, 4.69) is 11.2 Å². The van der Waals surface area contributed by atoms with Gasteiger partial charge in [-0.3, -0.25) is 4.79 Å². The van der Waals surface area contributed by atoms with E-state index in [-0.39, 0.29) is 17.5 Å². The quantitative estimate of drug-likeness (QED) is 0.772. The van der Waals surface area contributed by atoms with E-state index >= 15 is 0 Å². The molecule has 0 aliphatic heterocycles. The Balaban J connectivity index is 2.70. The molecule has 1 atom stereocenters. The Morgan fingerprint density at radius 3 is 2.35 bits per heavy atom. The standard InChI is InChI=1S/C13H13NO3/c1-3-4-9(2)14-12(15)10-5-7-11(8-6-10)13(16)17/h1,5-9H,4H2,2H3,(H,14,15)(H,16,17). The fraction of sp³-hybridized carbons (Fsp3) is 0.231. The van der Waals surface area contributed by atoms with E-state index in [0.717, 1.165) is 0 Å². The first-order valence-electron chi connectivity index (χ1n) is 5.12. The number of nitrogens with one attached hydrogen (secondary N) is 1. The number of rotatable bonds is 4. The lowest BCUT2D eigenvalue weighted by Crippen LogP contribution is -2.32. The molecule has 4 nitrogen and oxygen atoms in total. The summed E-state index contributed by atoms with van der Waals surface area (Å²) in [4.78, 5) is 22.3. The van der Waals surface area contributed by atoms with E-state index in [4.69, 9.17) is 11.5 Å². The summed E-state index contributed by atoms with van der Waals surface area (Å²) in [7, 11) is 0. The van der Waals surface area contributed by atoms with Crippen molar-refractivity contribution in [2.45, 2.75) is 19.4 Å². The third-order valence-electron chi connectivity index (χ3n) is 2.20. The van der Waals surface area contributed by atoms with Crippen LogP contribution in [0.3, 0.4) is 0 Å². The zero-order valence-corrected chi connectivity index (χ0v) is 9.43. The first-order chi connectivity index (χ1) is 8.04. The molecule has 2 N–H and O–H groups in total. The van der Waals surface area contributed by atoms with Gasteiger partial charge in [-0.15, -0.1) is 12.3 Å². The number of aromatic carboxylic acids is 1. The maximum atomic E-state index is 11.7. The highest BCUT2D eigenvalue weighted by Gasteiger charge is 2.09. The van der Waals surface area contributed by atoms with Gasteiger partial charge in [-0.25, -0.2) is 4.79 Å². The van der Waals surface area contributed by atoms with Gasteiger partial charge in [0.15, 0.2) is 0 Å². The highest BCUT2D eigenvalue weighted by Crippen LogP contribution is 2.05. The molecule has 0 aromatic heterocycles. The summed E-state index contributed by atoms with van der Waals surface area (Å²) in [5.74, 6) is 1.18. The molecule has 1 aromatic carbocycles. The molecule has 0 saturated heterocycles. The van der Waals surface area contributed by atoms with Gasteiger partial charge < -0.3 is 10.4 Å². The van der Waals surface area contributed by atoms with E-state index < -0.39 is 5.97 Å². The van der Waals surface area contributed by atoms with Crippen LogP contribution >= 0.6 is 0 Å². The molecule has 0 radical (unpaired) electrons. The van der Waals surface area contributed by atoms with E-state index in [9.17, 15) is 9.59 Å². The van der Waals surface area contributed by atoms with Crippen LogP contribution in [0.1, 0.15) is 34.1 Å². The summed E-state index contributed by atoms with van der Waals surface area (Å²) >= 11 is 0. The van der Waals surface area contributed by atoms with Gasteiger partial charge in [-0.2, -0.15) is 0 Å². The molecule has 17 heavy (non-hydrogen) atoms. The summed E-state index contributed by atoms with van der Waals surface area (Å²) < 4.78 is 0. The van der Waals surface area contributed by atoms with Gasteiger partial charge in [-0.1, -0.05) is 0 Å². The molecule has 0 aliphatic rings. The number of carboxylic acids is 1. The van der Waals surface area contributed by atoms with E-state index in [1.165, 1.54) is 24.3 Å². The number of carboxylic acid groups (broad SMARTS) is 1. The minimum absolute atomic E-state index is 0.105. The molecular weight excluding hydrogens is 218 g/mol. The summed E-state index contributed by atoms with van der Waals surface area (Å²) in [5.41, 5.74) is 0.567. The maximum Gasteiger partial charge on any atom is 0.335 e. The normalized spacial score (nSPS) is 11.3. The van der Waals surface area contributed by atoms with Crippen LogP contribution in [0.4, 0.5) is 0 Å². The first kappa shape index (κ1) is 12.8. The van der Waals surface area contributed by atoms with Gasteiger partial charge in [-0.05, 0) is 31.2 Å². The molecule has 0 bridgehead atoms. The van der Waals surface area contributed by atoms with Crippen LogP contribution in [0.15, 0.2) is 24.3 Å². The Morgan fingerprint density at radius 2 is 1.88 bits per heavy atom. The molecule has 0 aliphatic carbocycles.